The molecule has 5 aromatic carbocycles. The van der Waals surface area contributed by atoms with E-state index < -0.39 is 0 Å². The Labute approximate surface area is 259 Å². The molecule has 0 saturated carbocycles. The van der Waals surface area contributed by atoms with E-state index in [1.165, 1.54) is 0 Å². The molecule has 9 rings (SSSR count). The predicted molar refractivity (Wildman–Crippen MR) is 185 cm³/mol. The van der Waals surface area contributed by atoms with Gasteiger partial charge in [-0.2, -0.15) is 0 Å². The molecule has 0 amide bonds. The molecule has 0 aliphatic rings. The van der Waals surface area contributed by atoms with Crippen LogP contribution < -0.4 is 4.90 Å². The van der Waals surface area contributed by atoms with Gasteiger partial charge in [0.15, 0.2) is 0 Å². The Hall–Kier alpha value is -6.20. The summed E-state index contributed by atoms with van der Waals surface area (Å²) in [4.78, 5) is 12.5. The molecule has 5 nitrogen and oxygen atoms in total. The van der Waals surface area contributed by atoms with Crippen molar-refractivity contribution in [3.05, 3.63) is 164 Å². The Bertz CT molecular complexity index is 2420. The summed E-state index contributed by atoms with van der Waals surface area (Å²) in [5, 5.41) is 1.13. The molecule has 0 aliphatic carbocycles. The van der Waals surface area contributed by atoms with E-state index in [4.69, 9.17) is 9.97 Å². The zero-order valence-electron chi connectivity index (χ0n) is 24.3. The normalized spacial score (nSPS) is 11.6. The summed E-state index contributed by atoms with van der Waals surface area (Å²) in [5.41, 5.74) is 12.5. The molecule has 0 spiro atoms. The van der Waals surface area contributed by atoms with Crippen LogP contribution in [0.5, 0.6) is 0 Å². The van der Waals surface area contributed by atoms with Crippen LogP contribution >= 0.6 is 0 Å². The zero-order chi connectivity index (χ0) is 29.7. The highest BCUT2D eigenvalue weighted by molar-refractivity contribution is 6.14. The quantitative estimate of drug-likeness (QED) is 0.204. The number of benzene rings is 5. The van der Waals surface area contributed by atoms with Gasteiger partial charge in [-0.15, -0.1) is 0 Å². The van der Waals surface area contributed by atoms with Crippen LogP contribution in [0.2, 0.25) is 0 Å². The molecular weight excluding hydrogens is 550 g/mol. The third-order valence-electron chi connectivity index (χ3n) is 8.53. The molecular formula is C40H27N5. The lowest BCUT2D eigenvalue weighted by molar-refractivity contribution is 1.16. The molecule has 4 heterocycles. The molecule has 212 valence electrons. The molecule has 0 N–H and O–H groups in total. The number of anilines is 3. The topological polar surface area (TPSA) is 38.9 Å². The van der Waals surface area contributed by atoms with E-state index in [1.807, 2.05) is 24.4 Å². The maximum absolute atomic E-state index is 5.34. The summed E-state index contributed by atoms with van der Waals surface area (Å²) >= 11 is 0. The Morgan fingerprint density at radius 2 is 0.933 bits per heavy atom. The van der Waals surface area contributed by atoms with Gasteiger partial charge < -0.3 is 14.0 Å². The van der Waals surface area contributed by atoms with Crippen LogP contribution in [0.3, 0.4) is 0 Å². The highest BCUT2D eigenvalue weighted by atomic mass is 15.1. The van der Waals surface area contributed by atoms with Crippen LogP contribution in [0.4, 0.5) is 17.1 Å². The van der Waals surface area contributed by atoms with Gasteiger partial charge in [0.25, 0.3) is 0 Å². The Morgan fingerprint density at radius 3 is 1.64 bits per heavy atom. The van der Waals surface area contributed by atoms with Gasteiger partial charge in [-0.05, 0) is 84.9 Å². The van der Waals surface area contributed by atoms with Crippen LogP contribution in [0, 0.1) is 0 Å². The Kier molecular flexibility index (Phi) is 5.74. The van der Waals surface area contributed by atoms with Crippen molar-refractivity contribution in [2.45, 2.75) is 0 Å². The number of hydrogen-bond acceptors (Lipinski definition) is 3. The van der Waals surface area contributed by atoms with E-state index in [9.17, 15) is 0 Å². The van der Waals surface area contributed by atoms with Gasteiger partial charge in [0, 0.05) is 40.0 Å². The lowest BCUT2D eigenvalue weighted by Gasteiger charge is -2.25. The molecule has 0 unspecified atom stereocenters. The van der Waals surface area contributed by atoms with Crippen LogP contribution in [0.15, 0.2) is 164 Å². The van der Waals surface area contributed by atoms with Gasteiger partial charge in [0.05, 0.1) is 27.6 Å². The summed E-state index contributed by atoms with van der Waals surface area (Å²) in [7, 11) is 0. The molecule has 0 radical (unpaired) electrons. The van der Waals surface area contributed by atoms with Crippen molar-refractivity contribution < 1.29 is 0 Å². The molecule has 0 aliphatic heterocycles. The highest BCUT2D eigenvalue weighted by Crippen LogP contribution is 2.38. The number of rotatable bonds is 5. The van der Waals surface area contributed by atoms with E-state index in [0.717, 1.165) is 72.4 Å². The first-order chi connectivity index (χ1) is 22.3. The number of fused-ring (bicyclic) bond motifs is 6. The molecule has 9 aromatic rings. The summed E-state index contributed by atoms with van der Waals surface area (Å²) in [5.74, 6) is 0. The fraction of sp³-hybridized carbons (Fsp3) is 0. The van der Waals surface area contributed by atoms with Crippen molar-refractivity contribution in [2.75, 3.05) is 4.90 Å². The number of pyridine rings is 2. The molecule has 0 saturated heterocycles. The van der Waals surface area contributed by atoms with E-state index >= 15 is 0 Å². The number of aromatic nitrogens is 4. The fourth-order valence-electron chi connectivity index (χ4n) is 6.58. The maximum atomic E-state index is 5.34. The largest absolute Gasteiger partial charge is 0.311 e. The smallest absolute Gasteiger partial charge is 0.116 e. The average molecular weight is 578 g/mol. The Morgan fingerprint density at radius 1 is 0.400 bits per heavy atom. The van der Waals surface area contributed by atoms with Crippen LogP contribution in [-0.2, 0) is 0 Å². The summed E-state index contributed by atoms with van der Waals surface area (Å²) in [6, 6.07) is 55.2. The van der Waals surface area contributed by atoms with Gasteiger partial charge in [-0.25, -0.2) is 4.98 Å². The van der Waals surface area contributed by atoms with Crippen LogP contribution in [-0.4, -0.2) is 19.1 Å². The molecule has 0 atom stereocenters. The van der Waals surface area contributed by atoms with Gasteiger partial charge in [-0.3, -0.25) is 4.98 Å². The number of hydrogen-bond donors (Lipinski definition) is 0. The van der Waals surface area contributed by atoms with E-state index in [1.54, 1.807) is 0 Å². The summed E-state index contributed by atoms with van der Waals surface area (Å²) < 4.78 is 4.60. The maximum Gasteiger partial charge on any atom is 0.116 e. The van der Waals surface area contributed by atoms with E-state index in [-0.39, 0.29) is 0 Å². The summed E-state index contributed by atoms with van der Waals surface area (Å²) in [6.45, 7) is 0. The van der Waals surface area contributed by atoms with E-state index in [2.05, 4.69) is 154 Å². The highest BCUT2D eigenvalue weighted by Gasteiger charge is 2.20. The van der Waals surface area contributed by atoms with Crippen molar-refractivity contribution >= 4 is 61.1 Å². The second kappa shape index (κ2) is 10.2. The van der Waals surface area contributed by atoms with Crippen LogP contribution in [0.1, 0.15) is 0 Å². The standard InChI is InChI=1S/C40H27N5/c1-4-13-28(14-5-1)43(29-15-6-2-7-16-29)31-22-24-32(25-23-31)45-35-21-12-26-41-39(35)40-37(45)27-36-38(42-40)33-19-10-11-20-34(33)44(36)30-17-8-3-9-18-30/h1-27H. The molecule has 0 fully saturated rings. The van der Waals surface area contributed by atoms with Crippen molar-refractivity contribution in [3.8, 4) is 11.4 Å². The van der Waals surface area contributed by atoms with E-state index in [0.29, 0.717) is 0 Å². The van der Waals surface area contributed by atoms with Crippen LogP contribution in [0.25, 0.3) is 55.4 Å². The van der Waals surface area contributed by atoms with Crippen molar-refractivity contribution in [3.63, 3.8) is 0 Å². The third kappa shape index (κ3) is 4.02. The average Bonchev–Trinajstić information content (AvgIpc) is 3.61. The monoisotopic (exact) mass is 577 g/mol. The van der Waals surface area contributed by atoms with Gasteiger partial charge in [0.2, 0.25) is 0 Å². The SMILES string of the molecule is c1ccc(N(c2ccccc2)c2ccc(-n3c4cccnc4c4nc5c6ccccc6n(-c6ccccc6)c5cc43)cc2)cc1. The minimum Gasteiger partial charge on any atom is -0.311 e. The van der Waals surface area contributed by atoms with Gasteiger partial charge in [-0.1, -0.05) is 72.8 Å². The number of para-hydroxylation sites is 4. The second-order valence-corrected chi connectivity index (χ2v) is 11.1. The molecule has 4 aromatic heterocycles. The fourth-order valence-corrected chi connectivity index (χ4v) is 6.58. The van der Waals surface area contributed by atoms with Crippen molar-refractivity contribution in [1.82, 2.24) is 19.1 Å². The number of nitrogens with zero attached hydrogens (tertiary/aromatic N) is 5. The minimum absolute atomic E-state index is 0.894. The molecule has 0 bridgehead atoms. The predicted octanol–water partition coefficient (Wildman–Crippen LogP) is 10.1. The first kappa shape index (κ1) is 25.3. The second-order valence-electron chi connectivity index (χ2n) is 11.1. The third-order valence-corrected chi connectivity index (χ3v) is 8.53. The minimum atomic E-state index is 0.894. The first-order valence-electron chi connectivity index (χ1n) is 15.1. The molecule has 5 heteroatoms. The zero-order valence-corrected chi connectivity index (χ0v) is 24.3. The van der Waals surface area contributed by atoms with Gasteiger partial charge in [0.1, 0.15) is 11.0 Å². The summed E-state index contributed by atoms with van der Waals surface area (Å²) in [6.07, 6.45) is 1.85. The lowest BCUT2D eigenvalue weighted by Crippen LogP contribution is -2.09. The van der Waals surface area contributed by atoms with Crippen molar-refractivity contribution in [2.24, 2.45) is 0 Å². The Balaban J connectivity index is 1.28. The lowest BCUT2D eigenvalue weighted by atomic mass is 10.2. The van der Waals surface area contributed by atoms with Crippen molar-refractivity contribution in [1.29, 1.82) is 0 Å². The molecule has 45 heavy (non-hydrogen) atoms. The first-order valence-corrected chi connectivity index (χ1v) is 15.1. The van der Waals surface area contributed by atoms with Gasteiger partial charge >= 0.3 is 0 Å².